The number of hydrogen-bond donors (Lipinski definition) is 3. The van der Waals surface area contributed by atoms with Crippen LogP contribution in [-0.2, 0) is 10.0 Å². The highest BCUT2D eigenvalue weighted by atomic mass is 32.2. The van der Waals surface area contributed by atoms with Crippen LogP contribution in [0.25, 0.3) is 0 Å². The Morgan fingerprint density at radius 2 is 1.87 bits per heavy atom. The van der Waals surface area contributed by atoms with Gasteiger partial charge in [-0.3, -0.25) is 4.99 Å². The molecule has 0 unspecified atom stereocenters. The Morgan fingerprint density at radius 3 is 2.52 bits per heavy atom. The van der Waals surface area contributed by atoms with Crippen molar-refractivity contribution in [3.8, 4) is 0 Å². The van der Waals surface area contributed by atoms with E-state index in [-0.39, 0.29) is 11.4 Å². The quantitative estimate of drug-likeness (QED) is 0.416. The van der Waals surface area contributed by atoms with E-state index in [1.54, 1.807) is 24.3 Å². The number of nitrogens with one attached hydrogen (secondary N) is 2. The van der Waals surface area contributed by atoms with E-state index in [2.05, 4.69) is 15.0 Å². The number of benzene rings is 1. The zero-order chi connectivity index (χ0) is 16.7. The van der Waals surface area contributed by atoms with E-state index in [0.717, 1.165) is 18.4 Å². The van der Waals surface area contributed by atoms with Crippen LogP contribution in [0.15, 0.2) is 34.2 Å². The van der Waals surface area contributed by atoms with Gasteiger partial charge in [0.2, 0.25) is 10.0 Å². The molecule has 1 saturated carbocycles. The molecule has 0 radical (unpaired) electrons. The van der Waals surface area contributed by atoms with Gasteiger partial charge in [0.05, 0.1) is 11.4 Å². The minimum atomic E-state index is -3.48. The lowest BCUT2D eigenvalue weighted by molar-refractivity contribution is 0.412. The molecule has 1 aliphatic carbocycles. The first-order valence-corrected chi connectivity index (χ1v) is 9.58. The monoisotopic (exact) mass is 338 g/mol. The molecular weight excluding hydrogens is 312 g/mol. The summed E-state index contributed by atoms with van der Waals surface area (Å²) < 4.78 is 26.7. The predicted molar refractivity (Wildman–Crippen MR) is 92.9 cm³/mol. The summed E-state index contributed by atoms with van der Waals surface area (Å²) in [5.41, 5.74) is 6.87. The zero-order valence-electron chi connectivity index (χ0n) is 13.6. The molecule has 128 valence electrons. The van der Waals surface area contributed by atoms with E-state index in [0.29, 0.717) is 18.5 Å². The highest BCUT2D eigenvalue weighted by molar-refractivity contribution is 7.89. The Bertz CT molecular complexity index is 620. The number of nitrogens with zero attached hydrogens (tertiary/aromatic N) is 1. The van der Waals surface area contributed by atoms with Crippen molar-refractivity contribution in [3.05, 3.63) is 29.8 Å². The molecule has 0 amide bonds. The van der Waals surface area contributed by atoms with Gasteiger partial charge < -0.3 is 11.1 Å². The van der Waals surface area contributed by atoms with Crippen molar-refractivity contribution in [1.82, 2.24) is 10.0 Å². The third kappa shape index (κ3) is 5.84. The van der Waals surface area contributed by atoms with Crippen molar-refractivity contribution in [2.24, 2.45) is 10.7 Å². The number of rotatable bonds is 6. The fourth-order valence-corrected chi connectivity index (χ4v) is 3.68. The molecule has 23 heavy (non-hydrogen) atoms. The van der Waals surface area contributed by atoms with Crippen LogP contribution in [0.2, 0.25) is 0 Å². The lowest BCUT2D eigenvalue weighted by atomic mass is 9.96. The molecule has 1 fully saturated rings. The van der Waals surface area contributed by atoms with Gasteiger partial charge in [0.25, 0.3) is 0 Å². The minimum absolute atomic E-state index is 0.225. The Labute approximate surface area is 138 Å². The predicted octanol–water partition coefficient (Wildman–Crippen LogP) is 1.51. The largest absolute Gasteiger partial charge is 0.370 e. The SMILES string of the molecule is Cc1ccc(S(=O)(=O)NCCN=C(N)NC2CCCCC2)cc1. The fraction of sp³-hybridized carbons (Fsp3) is 0.562. The van der Waals surface area contributed by atoms with Gasteiger partial charge in [0, 0.05) is 12.6 Å². The van der Waals surface area contributed by atoms with E-state index in [4.69, 9.17) is 5.73 Å². The normalized spacial score (nSPS) is 17.2. The lowest BCUT2D eigenvalue weighted by Gasteiger charge is -2.23. The van der Waals surface area contributed by atoms with Crippen LogP contribution in [0.3, 0.4) is 0 Å². The molecule has 0 spiro atoms. The molecule has 4 N–H and O–H groups in total. The number of sulfonamides is 1. The number of hydrogen-bond acceptors (Lipinski definition) is 3. The van der Waals surface area contributed by atoms with Crippen LogP contribution in [0.1, 0.15) is 37.7 Å². The first kappa shape index (κ1) is 17.7. The molecule has 7 heteroatoms. The van der Waals surface area contributed by atoms with Crippen LogP contribution in [-0.4, -0.2) is 33.5 Å². The Hall–Kier alpha value is -1.60. The van der Waals surface area contributed by atoms with Crippen molar-refractivity contribution in [3.63, 3.8) is 0 Å². The van der Waals surface area contributed by atoms with E-state index in [1.165, 1.54) is 19.3 Å². The fourth-order valence-electron chi connectivity index (χ4n) is 2.66. The van der Waals surface area contributed by atoms with Crippen LogP contribution >= 0.6 is 0 Å². The highest BCUT2D eigenvalue weighted by Crippen LogP contribution is 2.17. The van der Waals surface area contributed by atoms with Gasteiger partial charge in [-0.25, -0.2) is 13.1 Å². The number of guanidine groups is 1. The summed E-state index contributed by atoms with van der Waals surface area (Å²) in [6.45, 7) is 2.46. The second-order valence-corrected chi connectivity index (χ2v) is 7.72. The van der Waals surface area contributed by atoms with E-state index < -0.39 is 10.0 Å². The van der Waals surface area contributed by atoms with Crippen LogP contribution in [0.4, 0.5) is 0 Å². The third-order valence-electron chi connectivity index (χ3n) is 3.97. The smallest absolute Gasteiger partial charge is 0.240 e. The average molecular weight is 338 g/mol. The van der Waals surface area contributed by atoms with Crippen molar-refractivity contribution in [1.29, 1.82) is 0 Å². The van der Waals surface area contributed by atoms with Crippen LogP contribution in [0, 0.1) is 6.92 Å². The van der Waals surface area contributed by atoms with Crippen molar-refractivity contribution in [2.75, 3.05) is 13.1 Å². The van der Waals surface area contributed by atoms with Crippen molar-refractivity contribution >= 4 is 16.0 Å². The van der Waals surface area contributed by atoms with Crippen molar-refractivity contribution in [2.45, 2.75) is 50.0 Å². The van der Waals surface area contributed by atoms with E-state index in [9.17, 15) is 8.42 Å². The molecule has 0 aliphatic heterocycles. The average Bonchev–Trinajstić information content (AvgIpc) is 2.53. The van der Waals surface area contributed by atoms with Gasteiger partial charge >= 0.3 is 0 Å². The van der Waals surface area contributed by atoms with E-state index in [1.807, 2.05) is 6.92 Å². The molecule has 0 aromatic heterocycles. The summed E-state index contributed by atoms with van der Waals surface area (Å²) in [6.07, 6.45) is 5.98. The maximum Gasteiger partial charge on any atom is 0.240 e. The molecule has 1 aromatic rings. The number of nitrogens with two attached hydrogens (primary N) is 1. The summed E-state index contributed by atoms with van der Waals surface area (Å²) in [7, 11) is -3.48. The molecule has 6 nitrogen and oxygen atoms in total. The summed E-state index contributed by atoms with van der Waals surface area (Å²) in [5.74, 6) is 0.395. The van der Waals surface area contributed by atoms with Gasteiger partial charge in [-0.1, -0.05) is 37.0 Å². The van der Waals surface area contributed by atoms with Crippen molar-refractivity contribution < 1.29 is 8.42 Å². The van der Waals surface area contributed by atoms with Gasteiger partial charge in [0.15, 0.2) is 5.96 Å². The first-order valence-electron chi connectivity index (χ1n) is 8.10. The molecule has 0 heterocycles. The Morgan fingerprint density at radius 1 is 1.22 bits per heavy atom. The molecule has 0 bridgehead atoms. The maximum atomic E-state index is 12.1. The summed E-state index contributed by atoms with van der Waals surface area (Å²) in [5, 5.41) is 3.20. The Balaban J connectivity index is 1.77. The second-order valence-electron chi connectivity index (χ2n) is 5.96. The summed E-state index contributed by atoms with van der Waals surface area (Å²) >= 11 is 0. The first-order chi connectivity index (χ1) is 11.0. The van der Waals surface area contributed by atoms with Crippen LogP contribution < -0.4 is 15.8 Å². The second kappa shape index (κ2) is 8.31. The van der Waals surface area contributed by atoms with Gasteiger partial charge in [-0.2, -0.15) is 0 Å². The lowest BCUT2D eigenvalue weighted by Crippen LogP contribution is -2.41. The molecule has 1 aromatic carbocycles. The number of aryl methyl sites for hydroxylation is 1. The standard InChI is InChI=1S/C16H26N4O2S/c1-13-7-9-15(10-8-13)23(21,22)19-12-11-18-16(17)20-14-5-3-2-4-6-14/h7-10,14,19H,2-6,11-12H2,1H3,(H3,17,18,20). The van der Waals surface area contributed by atoms with Gasteiger partial charge in [-0.15, -0.1) is 0 Å². The third-order valence-corrected chi connectivity index (χ3v) is 5.45. The highest BCUT2D eigenvalue weighted by Gasteiger charge is 2.14. The maximum absolute atomic E-state index is 12.1. The molecule has 1 aliphatic rings. The summed E-state index contributed by atoms with van der Waals surface area (Å²) in [4.78, 5) is 4.45. The number of aliphatic imine (C=N–C) groups is 1. The van der Waals surface area contributed by atoms with Crippen LogP contribution in [0.5, 0.6) is 0 Å². The van der Waals surface area contributed by atoms with Gasteiger partial charge in [0.1, 0.15) is 0 Å². The van der Waals surface area contributed by atoms with Gasteiger partial charge in [-0.05, 0) is 31.9 Å². The zero-order valence-corrected chi connectivity index (χ0v) is 14.4. The topological polar surface area (TPSA) is 96.6 Å². The summed E-state index contributed by atoms with van der Waals surface area (Å²) in [6, 6.07) is 7.15. The molecular formula is C16H26N4O2S. The Kier molecular flexibility index (Phi) is 6.41. The molecule has 2 rings (SSSR count). The minimum Gasteiger partial charge on any atom is -0.370 e. The molecule has 0 atom stereocenters. The molecule has 0 saturated heterocycles. The van der Waals surface area contributed by atoms with E-state index >= 15 is 0 Å².